The monoisotopic (exact) mass is 312 g/mol. The van der Waals surface area contributed by atoms with Crippen molar-refractivity contribution in [2.45, 2.75) is 25.9 Å². The molecule has 1 aromatic rings. The first-order valence-corrected chi connectivity index (χ1v) is 7.03. The number of hydrogen-bond acceptors (Lipinski definition) is 4. The van der Waals surface area contributed by atoms with E-state index in [4.69, 9.17) is 21.1 Å². The lowest BCUT2D eigenvalue weighted by Crippen LogP contribution is -2.47. The molecule has 0 bridgehead atoms. The van der Waals surface area contributed by atoms with Gasteiger partial charge >= 0.3 is 0 Å². The third kappa shape index (κ3) is 4.61. The van der Waals surface area contributed by atoms with Crippen LogP contribution in [0.5, 0.6) is 5.75 Å². The average molecular weight is 313 g/mol. The molecule has 2 amide bonds. The number of hydrazine groups is 1. The molecule has 2 rings (SSSR count). The molecule has 1 heterocycles. The molecule has 6 nitrogen and oxygen atoms in total. The summed E-state index contributed by atoms with van der Waals surface area (Å²) in [7, 11) is 0. The molecule has 1 saturated heterocycles. The van der Waals surface area contributed by atoms with Crippen LogP contribution in [0.1, 0.15) is 18.4 Å². The molecule has 1 aliphatic heterocycles. The maximum absolute atomic E-state index is 11.6. The minimum Gasteiger partial charge on any atom is -0.483 e. The summed E-state index contributed by atoms with van der Waals surface area (Å²) >= 11 is 5.83. The normalized spacial score (nSPS) is 17.3. The summed E-state index contributed by atoms with van der Waals surface area (Å²) in [5.41, 5.74) is 5.44. The number of ether oxygens (including phenoxy) is 2. The Balaban J connectivity index is 1.73. The van der Waals surface area contributed by atoms with Gasteiger partial charge in [-0.3, -0.25) is 20.4 Å². The highest BCUT2D eigenvalue weighted by atomic mass is 35.5. The van der Waals surface area contributed by atoms with Gasteiger partial charge in [0.25, 0.3) is 11.8 Å². The molecule has 0 aromatic heterocycles. The van der Waals surface area contributed by atoms with E-state index in [1.165, 1.54) is 0 Å². The first kappa shape index (κ1) is 15.6. The van der Waals surface area contributed by atoms with E-state index < -0.39 is 12.0 Å². The fourth-order valence-electron chi connectivity index (χ4n) is 1.95. The van der Waals surface area contributed by atoms with Gasteiger partial charge in [-0.1, -0.05) is 11.6 Å². The van der Waals surface area contributed by atoms with Gasteiger partial charge in [0.1, 0.15) is 11.9 Å². The Labute approximate surface area is 127 Å². The van der Waals surface area contributed by atoms with Crippen LogP contribution in [0.15, 0.2) is 18.2 Å². The maximum Gasteiger partial charge on any atom is 0.276 e. The highest BCUT2D eigenvalue weighted by Crippen LogP contribution is 2.21. The molecule has 1 aromatic carbocycles. The van der Waals surface area contributed by atoms with Crippen molar-refractivity contribution in [1.82, 2.24) is 10.9 Å². The third-order valence-electron chi connectivity index (χ3n) is 3.04. The van der Waals surface area contributed by atoms with E-state index in [-0.39, 0.29) is 12.5 Å². The van der Waals surface area contributed by atoms with Crippen LogP contribution in [-0.2, 0) is 14.3 Å². The van der Waals surface area contributed by atoms with Crippen molar-refractivity contribution in [3.8, 4) is 5.75 Å². The number of amides is 2. The van der Waals surface area contributed by atoms with Crippen LogP contribution < -0.4 is 15.6 Å². The Morgan fingerprint density at radius 3 is 2.90 bits per heavy atom. The number of carbonyl (C=O) groups excluding carboxylic acids is 2. The molecule has 0 aliphatic carbocycles. The zero-order valence-electron chi connectivity index (χ0n) is 11.6. The maximum atomic E-state index is 11.6. The van der Waals surface area contributed by atoms with Crippen LogP contribution in [0, 0.1) is 6.92 Å². The molecule has 0 radical (unpaired) electrons. The lowest BCUT2D eigenvalue weighted by molar-refractivity contribution is -0.135. The van der Waals surface area contributed by atoms with Gasteiger partial charge in [-0.05, 0) is 43.5 Å². The number of benzene rings is 1. The second kappa shape index (κ2) is 7.28. The second-order valence-corrected chi connectivity index (χ2v) is 5.17. The highest BCUT2D eigenvalue weighted by molar-refractivity contribution is 6.30. The first-order valence-electron chi connectivity index (χ1n) is 6.65. The molecular formula is C14H17ClN2O4. The van der Waals surface area contributed by atoms with E-state index in [2.05, 4.69) is 10.9 Å². The van der Waals surface area contributed by atoms with Crippen LogP contribution in [0.4, 0.5) is 0 Å². The third-order valence-corrected chi connectivity index (χ3v) is 3.28. The number of carbonyl (C=O) groups is 2. The Morgan fingerprint density at radius 1 is 1.43 bits per heavy atom. The van der Waals surface area contributed by atoms with Gasteiger partial charge in [0.2, 0.25) is 0 Å². The Morgan fingerprint density at radius 2 is 2.24 bits per heavy atom. The lowest BCUT2D eigenvalue weighted by atomic mass is 10.2. The summed E-state index contributed by atoms with van der Waals surface area (Å²) in [5.74, 6) is -0.223. The van der Waals surface area contributed by atoms with Gasteiger partial charge in [-0.15, -0.1) is 0 Å². The van der Waals surface area contributed by atoms with Gasteiger partial charge in [0.05, 0.1) is 0 Å². The van der Waals surface area contributed by atoms with Crippen LogP contribution >= 0.6 is 11.6 Å². The summed E-state index contributed by atoms with van der Waals surface area (Å²) in [4.78, 5) is 23.2. The summed E-state index contributed by atoms with van der Waals surface area (Å²) in [6, 6.07) is 5.12. The van der Waals surface area contributed by atoms with Crippen LogP contribution in [-0.4, -0.2) is 31.1 Å². The van der Waals surface area contributed by atoms with Crippen molar-refractivity contribution in [1.29, 1.82) is 0 Å². The zero-order chi connectivity index (χ0) is 15.2. The quantitative estimate of drug-likeness (QED) is 0.823. The van der Waals surface area contributed by atoms with Gasteiger partial charge in [0, 0.05) is 11.6 Å². The minimum atomic E-state index is -0.482. The molecule has 1 aliphatic rings. The van der Waals surface area contributed by atoms with Gasteiger partial charge < -0.3 is 9.47 Å². The van der Waals surface area contributed by atoms with E-state index in [9.17, 15) is 9.59 Å². The van der Waals surface area contributed by atoms with Gasteiger partial charge in [-0.2, -0.15) is 0 Å². The largest absolute Gasteiger partial charge is 0.483 e. The molecular weight excluding hydrogens is 296 g/mol. The summed E-state index contributed by atoms with van der Waals surface area (Å²) in [6.45, 7) is 2.21. The van der Waals surface area contributed by atoms with Crippen LogP contribution in [0.2, 0.25) is 5.02 Å². The molecule has 2 N–H and O–H groups in total. The van der Waals surface area contributed by atoms with E-state index in [1.807, 2.05) is 6.92 Å². The molecule has 1 fully saturated rings. The van der Waals surface area contributed by atoms with Crippen molar-refractivity contribution in [3.05, 3.63) is 28.8 Å². The molecule has 21 heavy (non-hydrogen) atoms. The molecule has 114 valence electrons. The van der Waals surface area contributed by atoms with Gasteiger partial charge in [-0.25, -0.2) is 0 Å². The van der Waals surface area contributed by atoms with Crippen molar-refractivity contribution >= 4 is 23.4 Å². The number of rotatable bonds is 4. The van der Waals surface area contributed by atoms with Crippen molar-refractivity contribution < 1.29 is 19.1 Å². The Hall–Kier alpha value is -1.79. The average Bonchev–Trinajstić information content (AvgIpc) is 2.98. The Bertz CT molecular complexity index is 530. The Kier molecular flexibility index (Phi) is 5.41. The summed E-state index contributed by atoms with van der Waals surface area (Å²) in [6.07, 6.45) is 1.04. The standard InChI is InChI=1S/C14H17ClN2O4/c1-9-7-10(15)4-5-11(9)21-8-13(18)16-17-14(19)12-3-2-6-20-12/h4-5,7,12H,2-3,6,8H2,1H3,(H,16,18)(H,17,19)/t12-/m1/s1. The summed E-state index contributed by atoms with van der Waals surface area (Å²) < 4.78 is 10.6. The highest BCUT2D eigenvalue weighted by Gasteiger charge is 2.23. The summed E-state index contributed by atoms with van der Waals surface area (Å²) in [5, 5.41) is 0.605. The van der Waals surface area contributed by atoms with Crippen molar-refractivity contribution in [2.24, 2.45) is 0 Å². The number of hydrogen-bond donors (Lipinski definition) is 2. The topological polar surface area (TPSA) is 76.7 Å². The van der Waals surface area contributed by atoms with E-state index in [0.717, 1.165) is 12.0 Å². The molecule has 1 atom stereocenters. The van der Waals surface area contributed by atoms with Gasteiger partial charge in [0.15, 0.2) is 6.61 Å². The van der Waals surface area contributed by atoms with Crippen LogP contribution in [0.25, 0.3) is 0 Å². The molecule has 7 heteroatoms. The van der Waals surface area contributed by atoms with Crippen LogP contribution in [0.3, 0.4) is 0 Å². The molecule has 0 unspecified atom stereocenters. The number of halogens is 1. The zero-order valence-corrected chi connectivity index (χ0v) is 12.4. The van der Waals surface area contributed by atoms with Crippen molar-refractivity contribution in [2.75, 3.05) is 13.2 Å². The van der Waals surface area contributed by atoms with Crippen molar-refractivity contribution in [3.63, 3.8) is 0 Å². The molecule has 0 saturated carbocycles. The first-order chi connectivity index (χ1) is 10.1. The van der Waals surface area contributed by atoms with E-state index in [0.29, 0.717) is 23.8 Å². The fourth-order valence-corrected chi connectivity index (χ4v) is 2.18. The second-order valence-electron chi connectivity index (χ2n) is 4.74. The van der Waals surface area contributed by atoms with E-state index in [1.54, 1.807) is 18.2 Å². The SMILES string of the molecule is Cc1cc(Cl)ccc1OCC(=O)NNC(=O)[C@H]1CCCO1. The predicted molar refractivity (Wildman–Crippen MR) is 76.9 cm³/mol. The lowest BCUT2D eigenvalue weighted by Gasteiger charge is -2.12. The molecule has 0 spiro atoms. The minimum absolute atomic E-state index is 0.200. The predicted octanol–water partition coefficient (Wildman–Crippen LogP) is 1.35. The number of nitrogens with one attached hydrogen (secondary N) is 2. The fraction of sp³-hybridized carbons (Fsp3) is 0.429. The number of aryl methyl sites for hydroxylation is 1. The smallest absolute Gasteiger partial charge is 0.276 e. The van der Waals surface area contributed by atoms with E-state index >= 15 is 0 Å².